The number of carbonyl (C=O) groups is 2. The van der Waals surface area contributed by atoms with E-state index in [0.717, 1.165) is 5.56 Å². The predicted octanol–water partition coefficient (Wildman–Crippen LogP) is 3.01. The molecule has 1 aliphatic heterocycles. The van der Waals surface area contributed by atoms with E-state index < -0.39 is 17.5 Å². The van der Waals surface area contributed by atoms with Crippen molar-refractivity contribution in [3.63, 3.8) is 0 Å². The quantitative estimate of drug-likeness (QED) is 0.627. The molecule has 2 aromatic rings. The number of anilines is 1. The van der Waals surface area contributed by atoms with Crippen LogP contribution in [0.1, 0.15) is 44.9 Å². The number of aromatic amines is 1. The van der Waals surface area contributed by atoms with Crippen molar-refractivity contribution < 1.29 is 18.8 Å². The number of hydrogen-bond acceptors (Lipinski definition) is 5. The van der Waals surface area contributed by atoms with Gasteiger partial charge in [0.1, 0.15) is 11.8 Å². The summed E-state index contributed by atoms with van der Waals surface area (Å²) < 4.78 is 10.3. The number of aromatic nitrogens is 1. The van der Waals surface area contributed by atoms with Crippen LogP contribution in [0, 0.1) is 5.92 Å². The molecule has 0 radical (unpaired) electrons. The summed E-state index contributed by atoms with van der Waals surface area (Å²) >= 11 is 6.43. The second-order valence-electron chi connectivity index (χ2n) is 8.78. The van der Waals surface area contributed by atoms with E-state index in [1.54, 1.807) is 6.07 Å². The Labute approximate surface area is 185 Å². The third-order valence-corrected chi connectivity index (χ3v) is 5.60. The Morgan fingerprint density at radius 1 is 1.23 bits per heavy atom. The number of halogens is 1. The molecule has 1 aromatic heterocycles. The third kappa shape index (κ3) is 6.21. The Morgan fingerprint density at radius 2 is 1.94 bits per heavy atom. The maximum atomic E-state index is 13.1. The minimum absolute atomic E-state index is 0.0692. The summed E-state index contributed by atoms with van der Waals surface area (Å²) in [4.78, 5) is 36.8. The third-order valence-electron chi connectivity index (χ3n) is 5.29. The molecular weight excluding hydrogens is 422 g/mol. The highest BCUT2D eigenvalue weighted by molar-refractivity contribution is 6.31. The minimum atomic E-state index is -0.747. The van der Waals surface area contributed by atoms with E-state index in [0.29, 0.717) is 36.8 Å². The fraction of sp³-hybridized carbons (Fsp3) is 0.500. The van der Waals surface area contributed by atoms with Gasteiger partial charge in [0.15, 0.2) is 0 Å². The Hall–Kier alpha value is -2.58. The first-order valence-electron chi connectivity index (χ1n) is 10.3. The van der Waals surface area contributed by atoms with Crippen LogP contribution in [-0.2, 0) is 26.2 Å². The second-order valence-corrected chi connectivity index (χ2v) is 9.19. The lowest BCUT2D eigenvalue weighted by Crippen LogP contribution is -2.50. The average Bonchev–Trinajstić information content (AvgIpc) is 3.10. The summed E-state index contributed by atoms with van der Waals surface area (Å²) in [5.41, 5.74) is 1.00. The number of benzene rings is 1. The number of rotatable bonds is 6. The summed E-state index contributed by atoms with van der Waals surface area (Å²) in [5.74, 6) is -0.593. The van der Waals surface area contributed by atoms with Gasteiger partial charge in [-0.15, -0.1) is 0 Å². The molecule has 31 heavy (non-hydrogen) atoms. The zero-order valence-corrected chi connectivity index (χ0v) is 18.7. The lowest BCUT2D eigenvalue weighted by molar-refractivity contribution is -0.128. The molecule has 0 aliphatic carbocycles. The van der Waals surface area contributed by atoms with Crippen LogP contribution in [0.5, 0.6) is 0 Å². The molecular formula is C22H28ClN3O5. The molecule has 2 amide bonds. The van der Waals surface area contributed by atoms with Crippen molar-refractivity contribution in [1.82, 2.24) is 10.5 Å². The molecule has 0 saturated carbocycles. The lowest BCUT2D eigenvalue weighted by atomic mass is 9.87. The maximum absolute atomic E-state index is 13.1. The van der Waals surface area contributed by atoms with Gasteiger partial charge in [-0.25, -0.2) is 0 Å². The fourth-order valence-electron chi connectivity index (χ4n) is 3.66. The van der Waals surface area contributed by atoms with Crippen LogP contribution in [-0.4, -0.2) is 36.2 Å². The summed E-state index contributed by atoms with van der Waals surface area (Å²) in [5, 5.41) is 8.39. The van der Waals surface area contributed by atoms with Crippen LogP contribution in [0.15, 0.2) is 33.6 Å². The summed E-state index contributed by atoms with van der Waals surface area (Å²) in [7, 11) is 0. The van der Waals surface area contributed by atoms with E-state index in [1.807, 2.05) is 12.1 Å². The maximum Gasteiger partial charge on any atom is 0.280 e. The largest absolute Gasteiger partial charge is 0.383 e. The molecule has 8 nitrogen and oxygen atoms in total. The topological polar surface area (TPSA) is 113 Å². The number of nitrogens with one attached hydrogen (secondary N) is 3. The predicted molar refractivity (Wildman–Crippen MR) is 117 cm³/mol. The molecule has 1 aromatic carbocycles. The van der Waals surface area contributed by atoms with Gasteiger partial charge in [-0.2, -0.15) is 5.16 Å². The zero-order valence-electron chi connectivity index (χ0n) is 17.9. The van der Waals surface area contributed by atoms with Crippen LogP contribution in [0.25, 0.3) is 0 Å². The van der Waals surface area contributed by atoms with Crippen molar-refractivity contribution in [2.75, 3.05) is 18.5 Å². The van der Waals surface area contributed by atoms with Crippen LogP contribution < -0.4 is 16.2 Å². The van der Waals surface area contributed by atoms with Gasteiger partial charge in [-0.1, -0.05) is 38.4 Å². The van der Waals surface area contributed by atoms with Crippen molar-refractivity contribution in [3.8, 4) is 0 Å². The molecule has 2 heterocycles. The van der Waals surface area contributed by atoms with Gasteiger partial charge in [-0.3, -0.25) is 14.4 Å². The van der Waals surface area contributed by atoms with Gasteiger partial charge in [-0.05, 0) is 41.9 Å². The molecule has 1 fully saturated rings. The van der Waals surface area contributed by atoms with Gasteiger partial charge < -0.3 is 19.9 Å². The Bertz CT molecular complexity index is 986. The van der Waals surface area contributed by atoms with Crippen LogP contribution >= 0.6 is 11.6 Å². The normalized spacial score (nSPS) is 16.0. The standard InChI is InChI=1S/C22H28ClN3O5/c1-22(2,3)16-5-4-14(10-17(16)23)24-21(29)20(13-6-8-30-9-7-13)25-18(27)11-15-12-19(28)26-31-15/h4-5,10,12-13,20H,6-9,11H2,1-3H3,(H,24,29)(H,25,27)(H,26,28). The molecule has 3 rings (SSSR count). The van der Waals surface area contributed by atoms with Crippen molar-refractivity contribution in [1.29, 1.82) is 0 Å². The molecule has 9 heteroatoms. The Kier molecular flexibility index (Phi) is 7.23. The first-order valence-corrected chi connectivity index (χ1v) is 10.7. The molecule has 0 bridgehead atoms. The highest BCUT2D eigenvalue weighted by Gasteiger charge is 2.32. The number of carbonyl (C=O) groups excluding carboxylic acids is 2. The molecule has 0 spiro atoms. The van der Waals surface area contributed by atoms with Crippen molar-refractivity contribution in [2.24, 2.45) is 5.92 Å². The molecule has 1 saturated heterocycles. The van der Waals surface area contributed by atoms with Gasteiger partial charge in [0.2, 0.25) is 11.8 Å². The number of H-pyrrole nitrogens is 1. The summed E-state index contributed by atoms with van der Waals surface area (Å²) in [6.07, 6.45) is 1.17. The molecule has 1 unspecified atom stereocenters. The van der Waals surface area contributed by atoms with Crippen molar-refractivity contribution in [3.05, 3.63) is 51.0 Å². The first kappa shape index (κ1) is 23.1. The highest BCUT2D eigenvalue weighted by atomic mass is 35.5. The number of hydrogen-bond donors (Lipinski definition) is 3. The van der Waals surface area contributed by atoms with Crippen molar-refractivity contribution >= 4 is 29.1 Å². The SMILES string of the molecule is CC(C)(C)c1ccc(NC(=O)C(NC(=O)Cc2cc(=O)[nH]o2)C2CCOCC2)cc1Cl. The van der Waals surface area contributed by atoms with Gasteiger partial charge >= 0.3 is 0 Å². The minimum Gasteiger partial charge on any atom is -0.383 e. The first-order chi connectivity index (χ1) is 14.6. The number of amides is 2. The van der Waals surface area contributed by atoms with Crippen LogP contribution in [0.4, 0.5) is 5.69 Å². The van der Waals surface area contributed by atoms with Gasteiger partial charge in [0.05, 0.1) is 6.42 Å². The van der Waals surface area contributed by atoms with E-state index >= 15 is 0 Å². The zero-order chi connectivity index (χ0) is 22.6. The Balaban J connectivity index is 1.73. The average molecular weight is 450 g/mol. The smallest absolute Gasteiger partial charge is 0.280 e. The molecule has 1 aliphatic rings. The second kappa shape index (κ2) is 9.70. The summed E-state index contributed by atoms with van der Waals surface area (Å²) in [6, 6.07) is 5.89. The monoisotopic (exact) mass is 449 g/mol. The van der Waals surface area contributed by atoms with E-state index in [1.165, 1.54) is 6.07 Å². The summed E-state index contributed by atoms with van der Waals surface area (Å²) in [6.45, 7) is 7.26. The van der Waals surface area contributed by atoms with E-state index in [4.69, 9.17) is 20.9 Å². The van der Waals surface area contributed by atoms with Gasteiger partial charge in [0.25, 0.3) is 5.56 Å². The van der Waals surface area contributed by atoms with Crippen LogP contribution in [0.2, 0.25) is 5.02 Å². The lowest BCUT2D eigenvalue weighted by Gasteiger charge is -2.30. The van der Waals surface area contributed by atoms with Crippen molar-refractivity contribution in [2.45, 2.75) is 51.5 Å². The van der Waals surface area contributed by atoms with Gasteiger partial charge in [0, 0.05) is 30.0 Å². The molecule has 3 N–H and O–H groups in total. The molecule has 1 atom stereocenters. The van der Waals surface area contributed by atoms with Crippen LogP contribution in [0.3, 0.4) is 0 Å². The Morgan fingerprint density at radius 3 is 2.52 bits per heavy atom. The van der Waals surface area contributed by atoms with E-state index in [-0.39, 0.29) is 29.4 Å². The number of ether oxygens (including phenoxy) is 1. The van der Waals surface area contributed by atoms with E-state index in [9.17, 15) is 14.4 Å². The van der Waals surface area contributed by atoms with E-state index in [2.05, 4.69) is 36.6 Å². The fourth-order valence-corrected chi connectivity index (χ4v) is 4.12. The molecule has 168 valence electrons. The highest BCUT2D eigenvalue weighted by Crippen LogP contribution is 2.31.